The summed E-state index contributed by atoms with van der Waals surface area (Å²) >= 11 is 7.69. The van der Waals surface area contributed by atoms with Crippen molar-refractivity contribution in [2.45, 2.75) is 11.9 Å². The van der Waals surface area contributed by atoms with Crippen LogP contribution in [-0.4, -0.2) is 21.1 Å². The van der Waals surface area contributed by atoms with Gasteiger partial charge in [0.2, 0.25) is 0 Å². The van der Waals surface area contributed by atoms with Crippen molar-refractivity contribution in [1.29, 1.82) is 0 Å². The van der Waals surface area contributed by atoms with Crippen LogP contribution in [0.3, 0.4) is 0 Å². The van der Waals surface area contributed by atoms with Gasteiger partial charge in [0.05, 0.1) is 5.36 Å². The first-order valence-corrected chi connectivity index (χ1v) is 10.7. The second-order valence-corrected chi connectivity index (χ2v) is 8.10. The molecule has 5 rings (SSSR count). The quantitative estimate of drug-likeness (QED) is 0.689. The molecule has 1 N–H and O–H groups in total. The van der Waals surface area contributed by atoms with E-state index in [1.165, 1.54) is 11.8 Å². The zero-order chi connectivity index (χ0) is 20.5. The maximum atomic E-state index is 13.1. The summed E-state index contributed by atoms with van der Waals surface area (Å²) in [6.07, 6.45) is 2.98. The number of hydrogen-bond donors (Lipinski definition) is 1. The minimum Gasteiger partial charge on any atom is -0.298 e. The first kappa shape index (κ1) is 18.8. The van der Waals surface area contributed by atoms with Gasteiger partial charge in [0, 0.05) is 34.0 Å². The normalized spacial score (nSPS) is 17.4. The van der Waals surface area contributed by atoms with Crippen molar-refractivity contribution in [2.75, 3.05) is 0 Å². The largest absolute Gasteiger partial charge is 0.298 e. The molecule has 0 bridgehead atoms. The first-order valence-electron chi connectivity index (χ1n) is 9.33. The number of carbonyl (C=O) groups is 1. The van der Waals surface area contributed by atoms with E-state index in [9.17, 15) is 4.79 Å². The van der Waals surface area contributed by atoms with Crippen LogP contribution < -0.4 is 15.9 Å². The predicted octanol–water partition coefficient (Wildman–Crippen LogP) is 2.81. The van der Waals surface area contributed by atoms with E-state index in [1.807, 2.05) is 60.7 Å². The molecule has 0 fully saturated rings. The second kappa shape index (κ2) is 7.93. The topological polar surface area (TPSA) is 70.0 Å². The molecule has 0 saturated carbocycles. The monoisotopic (exact) mass is 433 g/mol. The van der Waals surface area contributed by atoms with Gasteiger partial charge in [0.25, 0.3) is 5.91 Å². The SMILES string of the molecule is O=C1NC(SCc2ccccc2Cl)=NN2C1=c1ccccc1=N[C@@H]2c1ccncc1. The highest BCUT2D eigenvalue weighted by Gasteiger charge is 2.34. The number of fused-ring (bicyclic) bond motifs is 2. The molecule has 148 valence electrons. The van der Waals surface area contributed by atoms with Crippen LogP contribution in [0.1, 0.15) is 17.3 Å². The molecule has 0 saturated heterocycles. The third-order valence-electron chi connectivity index (χ3n) is 4.84. The fourth-order valence-electron chi connectivity index (χ4n) is 3.41. The lowest BCUT2D eigenvalue weighted by molar-refractivity contribution is -0.116. The number of hydrogen-bond acceptors (Lipinski definition) is 6. The Labute approximate surface area is 182 Å². The number of amides is 1. The lowest BCUT2D eigenvalue weighted by Crippen LogP contribution is -2.50. The van der Waals surface area contributed by atoms with Crippen LogP contribution >= 0.6 is 23.4 Å². The molecule has 0 radical (unpaired) electrons. The van der Waals surface area contributed by atoms with E-state index in [2.05, 4.69) is 10.3 Å². The number of hydrazone groups is 1. The van der Waals surface area contributed by atoms with Gasteiger partial charge in [-0.25, -0.2) is 5.01 Å². The molecule has 6 nitrogen and oxygen atoms in total. The highest BCUT2D eigenvalue weighted by molar-refractivity contribution is 8.13. The Kier molecular flexibility index (Phi) is 4.98. The smallest absolute Gasteiger partial charge is 0.276 e. The standard InChI is InChI=1S/C22H16ClN5OS/c23-17-7-3-1-5-15(17)13-30-22-26-21(29)19-16-6-2-4-8-18(16)25-20(28(19)27-22)14-9-11-24-12-10-14/h1-12,20H,13H2,(H,26,27,29)/t20-/m0/s1. The van der Waals surface area contributed by atoms with Gasteiger partial charge in [0.15, 0.2) is 11.3 Å². The van der Waals surface area contributed by atoms with Crippen LogP contribution in [0.4, 0.5) is 0 Å². The third-order valence-corrected chi connectivity index (χ3v) is 6.12. The Morgan fingerprint density at radius 3 is 2.63 bits per heavy atom. The summed E-state index contributed by atoms with van der Waals surface area (Å²) in [5.74, 6) is 0.392. The average Bonchev–Trinajstić information content (AvgIpc) is 2.78. The molecule has 0 spiro atoms. The fraction of sp³-hybridized carbons (Fsp3) is 0.0909. The molecular formula is C22H16ClN5OS. The van der Waals surface area contributed by atoms with Gasteiger partial charge in [-0.05, 0) is 29.8 Å². The van der Waals surface area contributed by atoms with E-state index in [1.54, 1.807) is 17.4 Å². The second-order valence-electron chi connectivity index (χ2n) is 6.73. The molecule has 0 unspecified atom stereocenters. The first-order chi connectivity index (χ1) is 14.7. The summed E-state index contributed by atoms with van der Waals surface area (Å²) in [5, 5.41) is 12.1. The molecule has 2 aromatic carbocycles. The molecule has 1 amide bonds. The maximum absolute atomic E-state index is 13.1. The zero-order valence-corrected chi connectivity index (χ0v) is 17.3. The number of benzene rings is 2. The number of halogens is 1. The molecule has 1 aromatic heterocycles. The van der Waals surface area contributed by atoms with Gasteiger partial charge in [-0.2, -0.15) is 0 Å². The van der Waals surface area contributed by atoms with Gasteiger partial charge >= 0.3 is 0 Å². The van der Waals surface area contributed by atoms with Crippen molar-refractivity contribution >= 4 is 40.1 Å². The zero-order valence-electron chi connectivity index (χ0n) is 15.7. The summed E-state index contributed by atoms with van der Waals surface area (Å²) in [7, 11) is 0. The summed E-state index contributed by atoms with van der Waals surface area (Å²) in [6.45, 7) is 0. The molecule has 3 aromatic rings. The van der Waals surface area contributed by atoms with E-state index in [4.69, 9.17) is 21.7 Å². The number of carbonyl (C=O) groups excluding carboxylic acids is 1. The van der Waals surface area contributed by atoms with E-state index in [0.717, 1.165) is 21.7 Å². The molecular weight excluding hydrogens is 418 g/mol. The number of pyridine rings is 1. The van der Waals surface area contributed by atoms with Crippen LogP contribution in [0.5, 0.6) is 0 Å². The Morgan fingerprint density at radius 1 is 1.03 bits per heavy atom. The minimum absolute atomic E-state index is 0.201. The fourth-order valence-corrected chi connectivity index (χ4v) is 4.54. The van der Waals surface area contributed by atoms with Crippen molar-refractivity contribution in [3.8, 4) is 0 Å². The molecule has 3 heterocycles. The number of para-hydroxylation sites is 1. The summed E-state index contributed by atoms with van der Waals surface area (Å²) in [5.41, 5.74) is 2.38. The van der Waals surface area contributed by atoms with Gasteiger partial charge in [-0.3, -0.25) is 20.1 Å². The number of aromatic nitrogens is 1. The number of nitrogens with zero attached hydrogens (tertiary/aromatic N) is 4. The third kappa shape index (κ3) is 3.46. The maximum Gasteiger partial charge on any atom is 0.276 e. The Balaban J connectivity index is 1.56. The van der Waals surface area contributed by atoms with Crippen molar-refractivity contribution in [3.05, 3.63) is 99.8 Å². The highest BCUT2D eigenvalue weighted by atomic mass is 35.5. The van der Waals surface area contributed by atoms with E-state index in [0.29, 0.717) is 21.6 Å². The van der Waals surface area contributed by atoms with Crippen molar-refractivity contribution in [3.63, 3.8) is 0 Å². The summed E-state index contributed by atoms with van der Waals surface area (Å²) < 4.78 is 0. The van der Waals surface area contributed by atoms with Crippen LogP contribution in [0, 0.1) is 0 Å². The van der Waals surface area contributed by atoms with Crippen molar-refractivity contribution < 1.29 is 4.79 Å². The number of rotatable bonds is 3. The van der Waals surface area contributed by atoms with Crippen LogP contribution in [-0.2, 0) is 10.5 Å². The van der Waals surface area contributed by atoms with Crippen molar-refractivity contribution in [1.82, 2.24) is 15.3 Å². The molecule has 0 aliphatic carbocycles. The summed E-state index contributed by atoms with van der Waals surface area (Å²) in [4.78, 5) is 22.0. The van der Waals surface area contributed by atoms with Crippen LogP contribution in [0.15, 0.2) is 83.2 Å². The highest BCUT2D eigenvalue weighted by Crippen LogP contribution is 2.31. The summed E-state index contributed by atoms with van der Waals surface area (Å²) in [6, 6.07) is 19.0. The van der Waals surface area contributed by atoms with Crippen molar-refractivity contribution in [2.24, 2.45) is 10.1 Å². The molecule has 2 aliphatic heterocycles. The average molecular weight is 434 g/mol. The number of amidine groups is 1. The van der Waals surface area contributed by atoms with Gasteiger partial charge in [0.1, 0.15) is 5.70 Å². The lowest BCUT2D eigenvalue weighted by Gasteiger charge is -2.34. The van der Waals surface area contributed by atoms with Crippen LogP contribution in [0.25, 0.3) is 5.70 Å². The van der Waals surface area contributed by atoms with Crippen LogP contribution in [0.2, 0.25) is 5.02 Å². The van der Waals surface area contributed by atoms with E-state index < -0.39 is 6.17 Å². The molecule has 30 heavy (non-hydrogen) atoms. The van der Waals surface area contributed by atoms with E-state index in [-0.39, 0.29) is 5.91 Å². The molecule has 8 heteroatoms. The Morgan fingerprint density at radius 2 is 1.80 bits per heavy atom. The van der Waals surface area contributed by atoms with Gasteiger partial charge in [-0.15, -0.1) is 5.10 Å². The molecule has 2 aliphatic rings. The van der Waals surface area contributed by atoms with Gasteiger partial charge in [-0.1, -0.05) is 59.8 Å². The number of thioether (sulfide) groups is 1. The van der Waals surface area contributed by atoms with Gasteiger partial charge < -0.3 is 0 Å². The Hall–Kier alpha value is -3.16. The predicted molar refractivity (Wildman–Crippen MR) is 118 cm³/mol. The number of nitrogens with one attached hydrogen (secondary N) is 1. The molecule has 1 atom stereocenters. The minimum atomic E-state index is -0.445. The Bertz CT molecular complexity index is 1280. The van der Waals surface area contributed by atoms with E-state index >= 15 is 0 Å². The lowest BCUT2D eigenvalue weighted by atomic mass is 10.1.